The molecule has 2 N–H and O–H groups in total. The average Bonchev–Trinajstić information content (AvgIpc) is 2.72. The van der Waals surface area contributed by atoms with Crippen LogP contribution in [0.1, 0.15) is 50.0 Å². The number of sulfonamides is 1. The van der Waals surface area contributed by atoms with Crippen molar-refractivity contribution in [3.8, 4) is 0 Å². The standard InChI is InChI=1S/C21H34N4O2S.HI/c1-22-21(23-16-17-12-14-25(15-13-17)28(2,26)27)24-20-10-8-19(9-11-20)18-6-4-3-5-7-18;/h3-7,17,19-20H,8-16H2,1-2H3,(H2,22,23,24);1H. The Hall–Kier alpha value is -0.870. The molecular formula is C21H35IN4O2S. The van der Waals surface area contributed by atoms with Crippen LogP contribution in [0.5, 0.6) is 0 Å². The number of aliphatic imine (C=N–C) groups is 1. The summed E-state index contributed by atoms with van der Waals surface area (Å²) in [5.41, 5.74) is 1.46. The minimum Gasteiger partial charge on any atom is -0.356 e. The topological polar surface area (TPSA) is 73.8 Å². The zero-order chi connectivity index (χ0) is 20.0. The van der Waals surface area contributed by atoms with Gasteiger partial charge in [-0.1, -0.05) is 30.3 Å². The number of hydrogen-bond donors (Lipinski definition) is 2. The summed E-state index contributed by atoms with van der Waals surface area (Å²) in [5, 5.41) is 7.04. The quantitative estimate of drug-likeness (QED) is 0.346. The molecule has 1 aromatic carbocycles. The van der Waals surface area contributed by atoms with Crippen LogP contribution >= 0.6 is 24.0 Å². The normalized spacial score (nSPS) is 24.6. The zero-order valence-electron chi connectivity index (χ0n) is 17.5. The largest absolute Gasteiger partial charge is 0.356 e. The molecule has 8 heteroatoms. The molecule has 1 saturated heterocycles. The first kappa shape index (κ1) is 24.4. The van der Waals surface area contributed by atoms with E-state index in [0.29, 0.717) is 31.0 Å². The number of benzene rings is 1. The van der Waals surface area contributed by atoms with E-state index in [0.717, 1.165) is 38.2 Å². The third-order valence-electron chi connectivity index (χ3n) is 6.16. The lowest BCUT2D eigenvalue weighted by Gasteiger charge is -2.32. The molecule has 0 spiro atoms. The van der Waals surface area contributed by atoms with Gasteiger partial charge in [0.05, 0.1) is 6.26 Å². The van der Waals surface area contributed by atoms with Crippen LogP contribution in [0, 0.1) is 5.92 Å². The molecule has 0 aromatic heterocycles. The van der Waals surface area contributed by atoms with Crippen LogP contribution in [0.15, 0.2) is 35.3 Å². The first-order valence-electron chi connectivity index (χ1n) is 10.4. The summed E-state index contributed by atoms with van der Waals surface area (Å²) in [5.74, 6) is 2.04. The maximum Gasteiger partial charge on any atom is 0.211 e. The van der Waals surface area contributed by atoms with E-state index in [1.165, 1.54) is 24.7 Å². The van der Waals surface area contributed by atoms with Gasteiger partial charge in [0, 0.05) is 32.7 Å². The highest BCUT2D eigenvalue weighted by molar-refractivity contribution is 14.0. The van der Waals surface area contributed by atoms with Gasteiger partial charge >= 0.3 is 0 Å². The Labute approximate surface area is 193 Å². The molecule has 164 valence electrons. The summed E-state index contributed by atoms with van der Waals surface area (Å²) in [4.78, 5) is 4.39. The Morgan fingerprint density at radius 1 is 1.07 bits per heavy atom. The predicted molar refractivity (Wildman–Crippen MR) is 130 cm³/mol. The Balaban J connectivity index is 0.00000300. The van der Waals surface area contributed by atoms with Crippen molar-refractivity contribution >= 4 is 40.0 Å². The average molecular weight is 535 g/mol. The highest BCUT2D eigenvalue weighted by atomic mass is 127. The first-order valence-corrected chi connectivity index (χ1v) is 12.3. The van der Waals surface area contributed by atoms with Gasteiger partial charge < -0.3 is 10.6 Å². The van der Waals surface area contributed by atoms with E-state index >= 15 is 0 Å². The molecule has 0 bridgehead atoms. The molecule has 2 fully saturated rings. The monoisotopic (exact) mass is 534 g/mol. The van der Waals surface area contributed by atoms with Crippen molar-refractivity contribution in [3.63, 3.8) is 0 Å². The lowest BCUT2D eigenvalue weighted by molar-refractivity contribution is 0.274. The molecule has 0 radical (unpaired) electrons. The lowest BCUT2D eigenvalue weighted by atomic mass is 9.82. The summed E-state index contributed by atoms with van der Waals surface area (Å²) in [6.07, 6.45) is 7.84. The molecule has 29 heavy (non-hydrogen) atoms. The SMILES string of the molecule is CN=C(NCC1CCN(S(C)(=O)=O)CC1)NC1CCC(c2ccccc2)CC1.I. The van der Waals surface area contributed by atoms with Gasteiger partial charge in [-0.05, 0) is 55.9 Å². The van der Waals surface area contributed by atoms with E-state index in [4.69, 9.17) is 0 Å². The molecule has 6 nitrogen and oxygen atoms in total. The summed E-state index contributed by atoms with van der Waals surface area (Å²) in [6, 6.07) is 11.3. The van der Waals surface area contributed by atoms with Gasteiger partial charge in [-0.2, -0.15) is 0 Å². The Kier molecular flexibility index (Phi) is 9.68. The molecule has 1 aliphatic heterocycles. The summed E-state index contributed by atoms with van der Waals surface area (Å²) in [7, 11) is -1.24. The zero-order valence-corrected chi connectivity index (χ0v) is 20.7. The van der Waals surface area contributed by atoms with Crippen LogP contribution < -0.4 is 10.6 Å². The minimum atomic E-state index is -3.05. The molecule has 1 aliphatic carbocycles. The molecule has 1 aromatic rings. The number of piperidine rings is 1. The van der Waals surface area contributed by atoms with E-state index in [-0.39, 0.29) is 24.0 Å². The number of nitrogens with one attached hydrogen (secondary N) is 2. The van der Waals surface area contributed by atoms with Gasteiger partial charge in [-0.25, -0.2) is 12.7 Å². The van der Waals surface area contributed by atoms with Crippen molar-refractivity contribution in [2.75, 3.05) is 32.9 Å². The van der Waals surface area contributed by atoms with Crippen molar-refractivity contribution in [2.45, 2.75) is 50.5 Å². The Bertz CT molecular complexity index is 741. The van der Waals surface area contributed by atoms with E-state index in [9.17, 15) is 8.42 Å². The van der Waals surface area contributed by atoms with E-state index in [1.54, 1.807) is 4.31 Å². The van der Waals surface area contributed by atoms with Crippen LogP contribution in [0.25, 0.3) is 0 Å². The fourth-order valence-electron chi connectivity index (χ4n) is 4.37. The molecule has 0 amide bonds. The van der Waals surface area contributed by atoms with E-state index in [1.807, 2.05) is 7.05 Å². The third kappa shape index (κ3) is 7.40. The van der Waals surface area contributed by atoms with Gasteiger partial charge in [0.2, 0.25) is 10.0 Å². The minimum absolute atomic E-state index is 0. The predicted octanol–water partition coefficient (Wildman–Crippen LogP) is 3.17. The van der Waals surface area contributed by atoms with Crippen molar-refractivity contribution < 1.29 is 8.42 Å². The fourth-order valence-corrected chi connectivity index (χ4v) is 5.24. The second-order valence-electron chi connectivity index (χ2n) is 8.16. The smallest absolute Gasteiger partial charge is 0.211 e. The maximum absolute atomic E-state index is 11.6. The summed E-state index contributed by atoms with van der Waals surface area (Å²) >= 11 is 0. The lowest BCUT2D eigenvalue weighted by Crippen LogP contribution is -2.47. The number of rotatable bonds is 5. The number of hydrogen-bond acceptors (Lipinski definition) is 3. The van der Waals surface area contributed by atoms with Crippen LogP contribution in [-0.4, -0.2) is 57.7 Å². The molecule has 1 heterocycles. The van der Waals surface area contributed by atoms with Crippen molar-refractivity contribution in [1.29, 1.82) is 0 Å². The van der Waals surface area contributed by atoms with Crippen LogP contribution in [0.2, 0.25) is 0 Å². The Morgan fingerprint density at radius 3 is 2.24 bits per heavy atom. The number of halogens is 1. The molecule has 1 saturated carbocycles. The van der Waals surface area contributed by atoms with E-state index in [2.05, 4.69) is 46.0 Å². The van der Waals surface area contributed by atoms with Crippen molar-refractivity contribution in [1.82, 2.24) is 14.9 Å². The van der Waals surface area contributed by atoms with Crippen molar-refractivity contribution in [2.24, 2.45) is 10.9 Å². The second-order valence-corrected chi connectivity index (χ2v) is 10.1. The number of nitrogens with zero attached hydrogens (tertiary/aromatic N) is 2. The van der Waals surface area contributed by atoms with Crippen LogP contribution in [-0.2, 0) is 10.0 Å². The highest BCUT2D eigenvalue weighted by Crippen LogP contribution is 2.32. The summed E-state index contributed by atoms with van der Waals surface area (Å²) < 4.78 is 24.8. The van der Waals surface area contributed by atoms with Crippen molar-refractivity contribution in [3.05, 3.63) is 35.9 Å². The fraction of sp³-hybridized carbons (Fsp3) is 0.667. The van der Waals surface area contributed by atoms with Gasteiger partial charge in [0.1, 0.15) is 0 Å². The second kappa shape index (κ2) is 11.5. The van der Waals surface area contributed by atoms with E-state index < -0.39 is 10.0 Å². The van der Waals surface area contributed by atoms with Crippen LogP contribution in [0.4, 0.5) is 0 Å². The van der Waals surface area contributed by atoms with Crippen LogP contribution in [0.3, 0.4) is 0 Å². The molecule has 2 aliphatic rings. The summed E-state index contributed by atoms with van der Waals surface area (Å²) in [6.45, 7) is 2.10. The highest BCUT2D eigenvalue weighted by Gasteiger charge is 2.26. The first-order chi connectivity index (χ1) is 13.5. The van der Waals surface area contributed by atoms with Gasteiger partial charge in [0.25, 0.3) is 0 Å². The van der Waals surface area contributed by atoms with Gasteiger partial charge in [-0.3, -0.25) is 4.99 Å². The Morgan fingerprint density at radius 2 is 1.69 bits per heavy atom. The molecule has 3 rings (SSSR count). The molecule has 0 unspecified atom stereocenters. The van der Waals surface area contributed by atoms with Gasteiger partial charge in [0.15, 0.2) is 5.96 Å². The number of guanidine groups is 1. The van der Waals surface area contributed by atoms with Gasteiger partial charge in [-0.15, -0.1) is 24.0 Å². The third-order valence-corrected chi connectivity index (χ3v) is 7.47. The molecule has 0 atom stereocenters. The maximum atomic E-state index is 11.6. The molecular weight excluding hydrogens is 499 g/mol.